The fourth-order valence-corrected chi connectivity index (χ4v) is 4.86. The summed E-state index contributed by atoms with van der Waals surface area (Å²) in [6.45, 7) is 4.79. The van der Waals surface area contributed by atoms with E-state index in [-0.39, 0.29) is 38.8 Å². The van der Waals surface area contributed by atoms with E-state index in [2.05, 4.69) is 10.4 Å². The average molecular weight is 548 g/mol. The quantitative estimate of drug-likeness (QED) is 0.166. The van der Waals surface area contributed by atoms with Gasteiger partial charge in [0.15, 0.2) is 0 Å². The van der Waals surface area contributed by atoms with E-state index in [1.165, 1.54) is 44.4 Å². The summed E-state index contributed by atoms with van der Waals surface area (Å²) in [5, 5.41) is 16.1. The number of nitrogens with one attached hydrogen (secondary N) is 2. The van der Waals surface area contributed by atoms with Crippen LogP contribution in [0.3, 0.4) is 0 Å². The van der Waals surface area contributed by atoms with E-state index in [0.29, 0.717) is 0 Å². The summed E-state index contributed by atoms with van der Waals surface area (Å²) in [5.74, 6) is -1.52. The molecule has 2 rings (SSSR count). The monoisotopic (exact) mass is 547 g/mol. The third kappa shape index (κ3) is 8.19. The van der Waals surface area contributed by atoms with E-state index >= 15 is 0 Å². The van der Waals surface area contributed by atoms with Crippen molar-refractivity contribution in [1.82, 2.24) is 5.09 Å². The Hall–Kier alpha value is -2.69. The van der Waals surface area contributed by atoms with E-state index in [9.17, 15) is 24.3 Å². The number of non-ortho nitro benzene ring substituents is 1. The van der Waals surface area contributed by atoms with Crippen molar-refractivity contribution >= 4 is 54.0 Å². The predicted molar refractivity (Wildman–Crippen MR) is 131 cm³/mol. The molecule has 2 atom stereocenters. The van der Waals surface area contributed by atoms with Crippen LogP contribution < -0.4 is 14.9 Å². The summed E-state index contributed by atoms with van der Waals surface area (Å²) >= 11 is 12.1. The number of rotatable bonds is 11. The molecule has 35 heavy (non-hydrogen) atoms. The first kappa shape index (κ1) is 28.5. The van der Waals surface area contributed by atoms with Crippen molar-refractivity contribution in [3.8, 4) is 5.75 Å². The van der Waals surface area contributed by atoms with Crippen molar-refractivity contribution in [3.63, 3.8) is 0 Å². The molecule has 2 N–H and O–H groups in total. The number of carbonyl (C=O) groups excluding carboxylic acids is 2. The minimum absolute atomic E-state index is 0.0683. The maximum absolute atomic E-state index is 13.4. The van der Waals surface area contributed by atoms with Crippen LogP contribution in [0.1, 0.15) is 31.1 Å². The second-order valence-corrected chi connectivity index (χ2v) is 10.4. The number of anilines is 1. The molecule has 1 unspecified atom stereocenters. The Morgan fingerprint density at radius 1 is 1.14 bits per heavy atom. The summed E-state index contributed by atoms with van der Waals surface area (Å²) in [4.78, 5) is 35.4. The molecule has 0 saturated carbocycles. The van der Waals surface area contributed by atoms with Crippen molar-refractivity contribution in [2.75, 3.05) is 18.8 Å². The molecule has 0 fully saturated rings. The number of esters is 1. The standard InChI is InChI=1S/C21H24Cl2N3O8P/c1-12(2)33-21(28)13(3)25-35(31,11-32-4)34-19-8-5-14(22)9-16(19)20(27)24-18-7-6-15(26(29)30)10-17(18)23/h5-10,12-13H,11H2,1-4H3,(H,24,27)(H,25,31)/t13-,35?/m0/s1. The molecule has 0 spiro atoms. The smallest absolute Gasteiger partial charge is 0.342 e. The van der Waals surface area contributed by atoms with E-state index in [1.807, 2.05) is 0 Å². The topological polar surface area (TPSA) is 146 Å². The van der Waals surface area contributed by atoms with Gasteiger partial charge < -0.3 is 19.3 Å². The second kappa shape index (κ2) is 12.3. The zero-order valence-electron chi connectivity index (χ0n) is 19.2. The van der Waals surface area contributed by atoms with Gasteiger partial charge in [-0.25, -0.2) is 5.09 Å². The van der Waals surface area contributed by atoms with Gasteiger partial charge in [0.2, 0.25) is 0 Å². The van der Waals surface area contributed by atoms with E-state index in [1.54, 1.807) is 13.8 Å². The molecule has 0 heterocycles. The Morgan fingerprint density at radius 3 is 2.40 bits per heavy atom. The third-order valence-electron chi connectivity index (χ3n) is 4.24. The lowest BCUT2D eigenvalue weighted by Gasteiger charge is -2.24. The van der Waals surface area contributed by atoms with Crippen LogP contribution in [0.25, 0.3) is 0 Å². The highest BCUT2D eigenvalue weighted by Crippen LogP contribution is 2.45. The second-order valence-electron chi connectivity index (χ2n) is 7.53. The van der Waals surface area contributed by atoms with E-state index in [0.717, 1.165) is 6.07 Å². The normalized spacial score (nSPS) is 13.6. The van der Waals surface area contributed by atoms with Crippen molar-refractivity contribution < 1.29 is 33.1 Å². The Kier molecular flexibility index (Phi) is 10.1. The number of benzene rings is 2. The molecular formula is C21H24Cl2N3O8P. The molecule has 2 aromatic rings. The fourth-order valence-electron chi connectivity index (χ4n) is 2.77. The number of methoxy groups -OCH3 is 1. The van der Waals surface area contributed by atoms with Gasteiger partial charge in [-0.05, 0) is 45.0 Å². The summed E-state index contributed by atoms with van der Waals surface area (Å²) in [7, 11) is -2.59. The van der Waals surface area contributed by atoms with Gasteiger partial charge in [-0.15, -0.1) is 0 Å². The molecule has 2 aromatic carbocycles. The van der Waals surface area contributed by atoms with E-state index in [4.69, 9.17) is 37.2 Å². The molecule has 0 aliphatic carbocycles. The van der Waals surface area contributed by atoms with Crippen LogP contribution in [0, 0.1) is 10.1 Å². The van der Waals surface area contributed by atoms with Gasteiger partial charge >= 0.3 is 13.5 Å². The van der Waals surface area contributed by atoms with Crippen molar-refractivity contribution in [2.24, 2.45) is 0 Å². The van der Waals surface area contributed by atoms with Crippen molar-refractivity contribution in [3.05, 3.63) is 62.1 Å². The molecule has 0 bridgehead atoms. The molecule has 11 nitrogen and oxygen atoms in total. The molecular weight excluding hydrogens is 524 g/mol. The molecule has 14 heteroatoms. The molecule has 0 radical (unpaired) electrons. The minimum atomic E-state index is -3.88. The number of hydrogen-bond donors (Lipinski definition) is 2. The zero-order chi connectivity index (χ0) is 26.3. The Morgan fingerprint density at radius 2 is 1.83 bits per heavy atom. The number of ether oxygens (including phenoxy) is 2. The van der Waals surface area contributed by atoms with E-state index < -0.39 is 36.7 Å². The number of halogens is 2. The number of amides is 1. The molecule has 0 aromatic heterocycles. The third-order valence-corrected chi connectivity index (χ3v) is 6.66. The number of carbonyl (C=O) groups is 2. The van der Waals surface area contributed by atoms with Gasteiger partial charge in [0.05, 0.1) is 27.3 Å². The number of nitro benzene ring substituents is 1. The Bertz CT molecular complexity index is 1160. The lowest BCUT2D eigenvalue weighted by Crippen LogP contribution is -2.36. The molecule has 1 amide bonds. The first-order chi connectivity index (χ1) is 16.3. The highest BCUT2D eigenvalue weighted by atomic mass is 35.5. The van der Waals surface area contributed by atoms with Crippen LogP contribution in [0.2, 0.25) is 10.0 Å². The van der Waals surface area contributed by atoms with Gasteiger partial charge in [0.25, 0.3) is 11.6 Å². The largest absolute Gasteiger partial charge is 0.462 e. The number of hydrogen-bond acceptors (Lipinski definition) is 8. The average Bonchev–Trinajstić information content (AvgIpc) is 2.75. The van der Waals surface area contributed by atoms with Crippen LogP contribution in [0.15, 0.2) is 36.4 Å². The first-order valence-electron chi connectivity index (χ1n) is 10.2. The van der Waals surface area contributed by atoms with Crippen molar-refractivity contribution in [1.29, 1.82) is 0 Å². The highest BCUT2D eigenvalue weighted by Gasteiger charge is 2.32. The van der Waals surface area contributed by atoms with Crippen molar-refractivity contribution in [2.45, 2.75) is 32.9 Å². The van der Waals surface area contributed by atoms with Gasteiger partial charge in [-0.3, -0.25) is 24.3 Å². The number of nitrogens with zero attached hydrogens (tertiary/aromatic N) is 1. The summed E-state index contributed by atoms with van der Waals surface area (Å²) in [6.07, 6.45) is -0.809. The first-order valence-corrected chi connectivity index (χ1v) is 12.7. The summed E-state index contributed by atoms with van der Waals surface area (Å²) in [6, 6.07) is 6.53. The molecule has 0 aliphatic heterocycles. The molecule has 190 valence electrons. The van der Waals surface area contributed by atoms with Gasteiger partial charge in [0.1, 0.15) is 18.1 Å². The Balaban J connectivity index is 2.33. The number of nitro groups is 1. The minimum Gasteiger partial charge on any atom is -0.462 e. The fraction of sp³-hybridized carbons (Fsp3) is 0.333. The lowest BCUT2D eigenvalue weighted by atomic mass is 10.2. The predicted octanol–water partition coefficient (Wildman–Crippen LogP) is 5.26. The van der Waals surface area contributed by atoms with Gasteiger partial charge in [-0.2, -0.15) is 0 Å². The SMILES string of the molecule is COCP(=O)(N[C@@H](C)C(=O)OC(C)C)Oc1ccc(Cl)cc1C(=O)Nc1ccc([N+](=O)[O-])cc1Cl. The summed E-state index contributed by atoms with van der Waals surface area (Å²) in [5.41, 5.74) is -0.268. The van der Waals surface area contributed by atoms with Gasteiger partial charge in [0, 0.05) is 24.3 Å². The Labute approximate surface area is 211 Å². The zero-order valence-corrected chi connectivity index (χ0v) is 21.6. The molecule has 0 aliphatic rings. The van der Waals surface area contributed by atoms with Crippen LogP contribution in [0.4, 0.5) is 11.4 Å². The highest BCUT2D eigenvalue weighted by molar-refractivity contribution is 7.57. The van der Waals surface area contributed by atoms with Crippen LogP contribution in [0.5, 0.6) is 5.75 Å². The molecule has 0 saturated heterocycles. The van der Waals surface area contributed by atoms with Gasteiger partial charge in [-0.1, -0.05) is 23.2 Å². The maximum Gasteiger partial charge on any atom is 0.342 e. The van der Waals surface area contributed by atoms with Crippen LogP contribution in [-0.2, 0) is 18.8 Å². The van der Waals surface area contributed by atoms with Crippen LogP contribution in [-0.4, -0.2) is 42.4 Å². The van der Waals surface area contributed by atoms with Crippen LogP contribution >= 0.6 is 30.7 Å². The lowest BCUT2D eigenvalue weighted by molar-refractivity contribution is -0.384. The summed E-state index contributed by atoms with van der Waals surface area (Å²) < 4.78 is 29.2. The maximum atomic E-state index is 13.4.